The minimum absolute atomic E-state index is 0.0148. The van der Waals surface area contributed by atoms with Crippen LogP contribution in [0.1, 0.15) is 25.3 Å². The van der Waals surface area contributed by atoms with Crippen molar-refractivity contribution in [1.29, 1.82) is 0 Å². The van der Waals surface area contributed by atoms with Gasteiger partial charge in [-0.1, -0.05) is 36.9 Å². The molecule has 1 unspecified atom stereocenters. The second-order valence-corrected chi connectivity index (χ2v) is 9.87. The molecule has 3 aromatic heterocycles. The number of aryl methyl sites for hydroxylation is 1. The number of amides is 1. The van der Waals surface area contributed by atoms with Crippen LogP contribution in [0, 0.1) is 0 Å². The van der Waals surface area contributed by atoms with Gasteiger partial charge in [0, 0.05) is 23.9 Å². The van der Waals surface area contributed by atoms with E-state index in [1.807, 2.05) is 36.4 Å². The summed E-state index contributed by atoms with van der Waals surface area (Å²) < 4.78 is 8.05. The molecule has 1 aromatic carbocycles. The first-order valence-corrected chi connectivity index (χ1v) is 12.8. The zero-order valence-electron chi connectivity index (χ0n) is 18.2. The van der Waals surface area contributed by atoms with Crippen LogP contribution in [-0.2, 0) is 22.5 Å². The Morgan fingerprint density at radius 3 is 3.00 bits per heavy atom. The van der Waals surface area contributed by atoms with Crippen molar-refractivity contribution >= 4 is 55.1 Å². The topological polar surface area (TPSA) is 86.1 Å². The van der Waals surface area contributed by atoms with Crippen molar-refractivity contribution < 1.29 is 9.53 Å². The number of thiophene rings is 1. The van der Waals surface area contributed by atoms with Gasteiger partial charge in [0.25, 0.3) is 5.56 Å². The SMILES string of the molecule is CCc1ccccc1NC(=O)CSc1nc2c(sc3ncccc32)c(=O)n1CC1CCCO1. The zero-order valence-corrected chi connectivity index (χ0v) is 19.9. The highest BCUT2D eigenvalue weighted by Crippen LogP contribution is 2.31. The number of hydrogen-bond donors (Lipinski definition) is 1. The second kappa shape index (κ2) is 9.62. The predicted molar refractivity (Wildman–Crippen MR) is 133 cm³/mol. The summed E-state index contributed by atoms with van der Waals surface area (Å²) in [6.45, 7) is 3.21. The number of fused-ring (bicyclic) bond motifs is 3. The molecule has 7 nitrogen and oxygen atoms in total. The third-order valence-corrected chi connectivity index (χ3v) is 7.80. The molecule has 170 valence electrons. The molecule has 4 heterocycles. The van der Waals surface area contributed by atoms with Gasteiger partial charge in [0.1, 0.15) is 9.53 Å². The molecule has 1 saturated heterocycles. The molecule has 1 fully saturated rings. The lowest BCUT2D eigenvalue weighted by molar-refractivity contribution is -0.113. The van der Waals surface area contributed by atoms with E-state index in [1.165, 1.54) is 23.1 Å². The Bertz CT molecular complexity index is 1380. The molecule has 1 N–H and O–H groups in total. The molecule has 33 heavy (non-hydrogen) atoms. The molecule has 0 aliphatic carbocycles. The Kier molecular flexibility index (Phi) is 6.43. The summed E-state index contributed by atoms with van der Waals surface area (Å²) >= 11 is 2.64. The zero-order chi connectivity index (χ0) is 22.8. The third-order valence-electron chi connectivity index (χ3n) is 5.73. The van der Waals surface area contributed by atoms with Crippen LogP contribution in [0.5, 0.6) is 0 Å². The van der Waals surface area contributed by atoms with Gasteiger partial charge in [-0.25, -0.2) is 9.97 Å². The van der Waals surface area contributed by atoms with E-state index in [0.717, 1.165) is 40.7 Å². The lowest BCUT2D eigenvalue weighted by atomic mass is 10.1. The van der Waals surface area contributed by atoms with E-state index in [4.69, 9.17) is 9.72 Å². The maximum Gasteiger partial charge on any atom is 0.272 e. The molecule has 4 aromatic rings. The molecule has 5 rings (SSSR count). The summed E-state index contributed by atoms with van der Waals surface area (Å²) in [6.07, 6.45) is 4.44. The Morgan fingerprint density at radius 1 is 1.30 bits per heavy atom. The standard InChI is InChI=1S/C24H24N4O3S2/c1-2-15-7-3-4-10-18(15)26-19(29)14-32-24-27-20-17-9-5-11-25-22(17)33-21(20)23(30)28(24)13-16-8-6-12-31-16/h3-5,7,9-11,16H,2,6,8,12-14H2,1H3,(H,26,29). The third kappa shape index (κ3) is 4.53. The van der Waals surface area contributed by atoms with Crippen molar-refractivity contribution in [3.8, 4) is 0 Å². The van der Waals surface area contributed by atoms with Crippen LogP contribution in [-0.4, -0.2) is 38.9 Å². The number of aromatic nitrogens is 3. The quantitative estimate of drug-likeness (QED) is 0.310. The van der Waals surface area contributed by atoms with Gasteiger partial charge in [0.2, 0.25) is 5.91 Å². The smallest absolute Gasteiger partial charge is 0.272 e. The van der Waals surface area contributed by atoms with Gasteiger partial charge in [-0.05, 0) is 43.0 Å². The lowest BCUT2D eigenvalue weighted by Gasteiger charge is -2.16. The van der Waals surface area contributed by atoms with E-state index in [-0.39, 0.29) is 23.3 Å². The number of carbonyl (C=O) groups excluding carboxylic acids is 1. The average molecular weight is 481 g/mol. The van der Waals surface area contributed by atoms with Gasteiger partial charge in [0.05, 0.1) is 23.9 Å². The van der Waals surface area contributed by atoms with E-state index in [0.29, 0.717) is 28.5 Å². The lowest BCUT2D eigenvalue weighted by Crippen LogP contribution is -2.28. The fourth-order valence-corrected chi connectivity index (χ4v) is 5.90. The van der Waals surface area contributed by atoms with E-state index in [1.54, 1.807) is 10.8 Å². The summed E-state index contributed by atoms with van der Waals surface area (Å²) in [5.74, 6) is 0.0257. The summed E-state index contributed by atoms with van der Waals surface area (Å²) in [5.41, 5.74) is 2.46. The number of ether oxygens (including phenoxy) is 1. The molecule has 1 aliphatic heterocycles. The summed E-state index contributed by atoms with van der Waals surface area (Å²) in [7, 11) is 0. The minimum atomic E-state index is -0.129. The van der Waals surface area contributed by atoms with Crippen LogP contribution < -0.4 is 10.9 Å². The van der Waals surface area contributed by atoms with Crippen LogP contribution in [0.4, 0.5) is 5.69 Å². The molecule has 1 aliphatic rings. The van der Waals surface area contributed by atoms with Crippen molar-refractivity contribution in [2.45, 2.75) is 44.0 Å². The first-order chi connectivity index (χ1) is 16.1. The Labute approximate surface area is 199 Å². The number of nitrogens with zero attached hydrogens (tertiary/aromatic N) is 3. The first kappa shape index (κ1) is 22.1. The normalized spacial score (nSPS) is 16.0. The van der Waals surface area contributed by atoms with Crippen LogP contribution in [0.15, 0.2) is 52.5 Å². The van der Waals surface area contributed by atoms with Gasteiger partial charge in [-0.2, -0.15) is 0 Å². The van der Waals surface area contributed by atoms with Crippen molar-refractivity contribution in [1.82, 2.24) is 14.5 Å². The van der Waals surface area contributed by atoms with E-state index in [2.05, 4.69) is 17.2 Å². The fourth-order valence-electron chi connectivity index (χ4n) is 4.07. The Balaban J connectivity index is 1.46. The van der Waals surface area contributed by atoms with Crippen molar-refractivity contribution in [3.05, 3.63) is 58.5 Å². The molecule has 0 bridgehead atoms. The maximum atomic E-state index is 13.5. The highest BCUT2D eigenvalue weighted by atomic mass is 32.2. The van der Waals surface area contributed by atoms with E-state index < -0.39 is 0 Å². The highest BCUT2D eigenvalue weighted by molar-refractivity contribution is 7.99. The summed E-state index contributed by atoms with van der Waals surface area (Å²) in [4.78, 5) is 36.2. The number of anilines is 1. The number of carbonyl (C=O) groups is 1. The minimum Gasteiger partial charge on any atom is -0.376 e. The van der Waals surface area contributed by atoms with E-state index >= 15 is 0 Å². The largest absolute Gasteiger partial charge is 0.376 e. The van der Waals surface area contributed by atoms with Crippen LogP contribution in [0.25, 0.3) is 20.4 Å². The van der Waals surface area contributed by atoms with Gasteiger partial charge >= 0.3 is 0 Å². The molecule has 0 saturated carbocycles. The molecule has 9 heteroatoms. The number of thioether (sulfide) groups is 1. The van der Waals surface area contributed by atoms with E-state index in [9.17, 15) is 9.59 Å². The molecule has 0 radical (unpaired) electrons. The number of nitrogens with one attached hydrogen (secondary N) is 1. The average Bonchev–Trinajstić information content (AvgIpc) is 3.48. The molecule has 0 spiro atoms. The fraction of sp³-hybridized carbons (Fsp3) is 0.333. The monoisotopic (exact) mass is 480 g/mol. The number of hydrogen-bond acceptors (Lipinski definition) is 7. The van der Waals surface area contributed by atoms with Crippen molar-refractivity contribution in [3.63, 3.8) is 0 Å². The van der Waals surface area contributed by atoms with Gasteiger partial charge in [-0.3, -0.25) is 14.2 Å². The Hall–Kier alpha value is -2.75. The molecule has 1 atom stereocenters. The highest BCUT2D eigenvalue weighted by Gasteiger charge is 2.22. The molecule has 1 amide bonds. The summed E-state index contributed by atoms with van der Waals surface area (Å²) in [6, 6.07) is 11.6. The predicted octanol–water partition coefficient (Wildman–Crippen LogP) is 4.48. The second-order valence-electron chi connectivity index (χ2n) is 7.93. The number of para-hydroxylation sites is 1. The molecular weight excluding hydrogens is 456 g/mol. The van der Waals surface area contributed by atoms with Gasteiger partial charge in [0.15, 0.2) is 5.16 Å². The van der Waals surface area contributed by atoms with Gasteiger partial charge < -0.3 is 10.1 Å². The van der Waals surface area contributed by atoms with Crippen LogP contribution in [0.3, 0.4) is 0 Å². The maximum absolute atomic E-state index is 13.5. The van der Waals surface area contributed by atoms with Gasteiger partial charge in [-0.15, -0.1) is 11.3 Å². The number of rotatable bonds is 7. The number of benzene rings is 1. The number of pyridine rings is 1. The summed E-state index contributed by atoms with van der Waals surface area (Å²) in [5, 5.41) is 4.39. The van der Waals surface area contributed by atoms with Crippen LogP contribution in [0.2, 0.25) is 0 Å². The first-order valence-electron chi connectivity index (χ1n) is 11.0. The van der Waals surface area contributed by atoms with Crippen LogP contribution >= 0.6 is 23.1 Å². The molecular formula is C24H24N4O3S2. The van der Waals surface area contributed by atoms with Crippen molar-refractivity contribution in [2.75, 3.05) is 17.7 Å². The van der Waals surface area contributed by atoms with Crippen molar-refractivity contribution in [2.24, 2.45) is 0 Å². The Morgan fingerprint density at radius 2 is 2.18 bits per heavy atom.